The van der Waals surface area contributed by atoms with E-state index in [1.807, 2.05) is 36.4 Å². The molecule has 29 nitrogen and oxygen atoms in total. The molecule has 8 N–H and O–H groups in total. The summed E-state index contributed by atoms with van der Waals surface area (Å²) in [6.45, 7) is 1.90. The van der Waals surface area contributed by atoms with Gasteiger partial charge in [0.15, 0.2) is 0 Å². The fraction of sp³-hybridized carbons (Fsp3) is 0.446. The number of amides is 9. The summed E-state index contributed by atoms with van der Waals surface area (Å²) in [6.07, 6.45) is 26.0. The first-order valence-corrected chi connectivity index (χ1v) is 38.2. The number of halogens is 1. The molecule has 0 aliphatic carbocycles. The van der Waals surface area contributed by atoms with Gasteiger partial charge in [0.1, 0.15) is 40.6 Å². The van der Waals surface area contributed by atoms with Crippen molar-refractivity contribution in [1.82, 2.24) is 50.4 Å². The number of piperidine rings is 2. The Hall–Kier alpha value is -11.5. The molecule has 5 aliphatic heterocycles. The number of nitrogens with two attached hydrogens (primary N) is 1. The summed E-state index contributed by atoms with van der Waals surface area (Å²) in [7, 11) is 8.72. The van der Waals surface area contributed by atoms with Gasteiger partial charge in [-0.05, 0) is 142 Å². The molecule has 0 spiro atoms. The molecule has 113 heavy (non-hydrogen) atoms. The van der Waals surface area contributed by atoms with Crippen LogP contribution in [0.5, 0.6) is 23.0 Å². The molecular formula is C83H101FN12O17. The maximum Gasteiger partial charge on any atom is 0.317 e. The number of carbonyl (C=O) groups excluding carboxylic acids is 9. The molecule has 3 aromatic heterocycles. The van der Waals surface area contributed by atoms with Crippen molar-refractivity contribution in [3.05, 3.63) is 156 Å². The van der Waals surface area contributed by atoms with Gasteiger partial charge in [0.2, 0.25) is 29.5 Å². The van der Waals surface area contributed by atoms with E-state index in [0.29, 0.717) is 94.1 Å². The number of imide groups is 4. The average molecular weight is 1560 g/mol. The Morgan fingerprint density at radius 3 is 1.54 bits per heavy atom. The lowest BCUT2D eigenvalue weighted by molar-refractivity contribution is -0.137. The second-order valence-corrected chi connectivity index (χ2v) is 28.3. The number of pyridine rings is 2. The minimum atomic E-state index is -1.00. The Balaban J connectivity index is 0.000000211. The van der Waals surface area contributed by atoms with Crippen LogP contribution >= 0.6 is 0 Å². The van der Waals surface area contributed by atoms with Crippen molar-refractivity contribution >= 4 is 76.3 Å². The Labute approximate surface area is 655 Å². The number of aryl methyl sites for hydroxylation is 4. The molecule has 2 atom stereocenters. The van der Waals surface area contributed by atoms with E-state index in [1.54, 1.807) is 96.2 Å². The van der Waals surface area contributed by atoms with Crippen molar-refractivity contribution in [1.29, 1.82) is 0 Å². The molecule has 9 amide bonds. The highest BCUT2D eigenvalue weighted by Crippen LogP contribution is 2.40. The van der Waals surface area contributed by atoms with Crippen LogP contribution in [0, 0.1) is 0 Å². The van der Waals surface area contributed by atoms with Gasteiger partial charge in [-0.25, -0.2) is 0 Å². The first-order chi connectivity index (χ1) is 55.0. The van der Waals surface area contributed by atoms with Gasteiger partial charge in [0.05, 0.1) is 78.5 Å². The normalized spacial score (nSPS) is 15.4. The minimum Gasteiger partial charge on any atom is -0.496 e. The van der Waals surface area contributed by atoms with Crippen LogP contribution < -0.4 is 57.1 Å². The number of hydrogen-bond acceptors (Lipinski definition) is 20. The van der Waals surface area contributed by atoms with Crippen LogP contribution in [0.25, 0.3) is 33.2 Å². The third-order valence-electron chi connectivity index (χ3n) is 20.7. The number of ether oxygens (including phenoxy) is 4. The van der Waals surface area contributed by atoms with E-state index >= 15 is 0 Å². The largest absolute Gasteiger partial charge is 0.496 e. The first-order valence-electron chi connectivity index (χ1n) is 38.9. The monoisotopic (exact) mass is 1560 g/mol. The van der Waals surface area contributed by atoms with Gasteiger partial charge in [-0.15, -0.1) is 0 Å². The van der Waals surface area contributed by atoms with Gasteiger partial charge < -0.3 is 49.6 Å². The van der Waals surface area contributed by atoms with Gasteiger partial charge in [-0.1, -0.05) is 76.3 Å². The number of benzene rings is 4. The van der Waals surface area contributed by atoms with E-state index in [0.717, 1.165) is 143 Å². The van der Waals surface area contributed by atoms with E-state index in [1.165, 1.54) is 30.3 Å². The van der Waals surface area contributed by atoms with Crippen LogP contribution in [0.15, 0.2) is 93.8 Å². The molecule has 7 aromatic rings. The van der Waals surface area contributed by atoms with Crippen LogP contribution in [-0.2, 0) is 75.2 Å². The van der Waals surface area contributed by atoms with Crippen molar-refractivity contribution in [2.45, 2.75) is 173 Å². The number of alkyl halides is 1. The van der Waals surface area contributed by atoms with Crippen LogP contribution in [0.2, 0.25) is 0 Å². The number of nitrogens with one attached hydrogen (secondary N) is 5. The summed E-state index contributed by atoms with van der Waals surface area (Å²) in [4.78, 5) is 153. The van der Waals surface area contributed by atoms with Gasteiger partial charge in [0, 0.05) is 104 Å². The second-order valence-electron chi connectivity index (χ2n) is 28.3. The van der Waals surface area contributed by atoms with Crippen LogP contribution in [0.1, 0.15) is 205 Å². The van der Waals surface area contributed by atoms with Gasteiger partial charge in [0.25, 0.3) is 34.7 Å². The number of carboxylic acids is 1. The summed E-state index contributed by atoms with van der Waals surface area (Å²) in [5.41, 5.74) is 15.4. The summed E-state index contributed by atoms with van der Waals surface area (Å²) in [6, 6.07) is 16.3. The van der Waals surface area contributed by atoms with Crippen molar-refractivity contribution < 1.29 is 77.8 Å². The predicted octanol–water partition coefficient (Wildman–Crippen LogP) is 8.84. The highest BCUT2D eigenvalue weighted by molar-refractivity contribution is 6.24. The van der Waals surface area contributed by atoms with E-state index in [4.69, 9.17) is 31.2 Å². The average Bonchev–Trinajstić information content (AvgIpc) is 1.57. The minimum absolute atomic E-state index is 0.0170. The van der Waals surface area contributed by atoms with Crippen LogP contribution in [0.4, 0.5) is 4.39 Å². The smallest absolute Gasteiger partial charge is 0.317 e. The fourth-order valence-corrected chi connectivity index (χ4v) is 14.7. The van der Waals surface area contributed by atoms with Crippen LogP contribution in [0.3, 0.4) is 0 Å². The lowest BCUT2D eigenvalue weighted by Crippen LogP contribution is -2.54. The van der Waals surface area contributed by atoms with E-state index in [9.17, 15) is 61.9 Å². The first kappa shape index (κ1) is 83.9. The molecule has 0 bridgehead atoms. The van der Waals surface area contributed by atoms with Gasteiger partial charge in [-0.3, -0.25) is 92.4 Å². The highest BCUT2D eigenvalue weighted by atomic mass is 19.1. The Morgan fingerprint density at radius 1 is 0.584 bits per heavy atom. The maximum absolute atomic E-state index is 13.1. The molecule has 4 aromatic carbocycles. The molecule has 0 saturated carbocycles. The van der Waals surface area contributed by atoms with Crippen molar-refractivity contribution in [2.75, 3.05) is 55.2 Å². The quantitative estimate of drug-likeness (QED) is 0.0144. The fourth-order valence-electron chi connectivity index (χ4n) is 14.7. The SMILES string of the molecule is COc1cc(-c2cn(C)c(=O)c3[nH]ncc23)cc(OC)c1CCCC(=O)NCCCCCCCCCc1ccc2c(c1)C(=O)N(C1CCC(=O)NC1=O)C2=O.COc1cc(-c2cn(C)c(=O)c3c2C=NC3)cc(OC)c1CNCC(=O)O.NCCCCCCCCCc1ccc2c(c1)C(=O)N(C1CCC(=O)NC1=O)C2=O.[2H]CF. The lowest BCUT2D eigenvalue weighted by Gasteiger charge is -2.27. The zero-order chi connectivity index (χ0) is 82.1. The summed E-state index contributed by atoms with van der Waals surface area (Å²) in [5, 5.41) is 26.7. The topological polar surface area (TPSA) is 394 Å². The molecule has 12 rings (SSSR count). The van der Waals surface area contributed by atoms with Crippen molar-refractivity contribution in [3.8, 4) is 45.3 Å². The van der Waals surface area contributed by atoms with Crippen molar-refractivity contribution in [2.24, 2.45) is 24.8 Å². The molecule has 8 heterocycles. The summed E-state index contributed by atoms with van der Waals surface area (Å²) in [5.74, 6) is -2.30. The number of methoxy groups -OCH3 is 4. The highest BCUT2D eigenvalue weighted by Gasteiger charge is 2.46. The number of aliphatic carboxylic acids is 1. The number of nitrogens with zero attached hydrogens (tertiary/aromatic N) is 6. The predicted molar refractivity (Wildman–Crippen MR) is 421 cm³/mol. The number of aromatic nitrogens is 4. The Morgan fingerprint density at radius 2 is 1.04 bits per heavy atom. The number of aliphatic imine (C=N–C) groups is 1. The molecule has 2 fully saturated rings. The number of unbranched alkanes of at least 4 members (excludes halogenated alkanes) is 12. The zero-order valence-corrected chi connectivity index (χ0v) is 64.9. The second kappa shape index (κ2) is 41.1. The molecule has 602 valence electrons. The van der Waals surface area contributed by atoms with Crippen molar-refractivity contribution in [3.63, 3.8) is 0 Å². The zero-order valence-electron chi connectivity index (χ0n) is 65.9. The summed E-state index contributed by atoms with van der Waals surface area (Å²) < 4.78 is 41.1. The van der Waals surface area contributed by atoms with Crippen LogP contribution in [-0.4, -0.2) is 167 Å². The molecule has 2 unspecified atom stereocenters. The molecule has 30 heteroatoms. The molecule has 5 aliphatic rings. The lowest BCUT2D eigenvalue weighted by atomic mass is 9.97. The standard InChI is InChI=1S/C41H48N6O8.C22H29N3O4.C19H21N3O5.CH3F/c1-46-24-31(30-23-43-45-37(30)41(46)53)26-21-33(54-2)28(34(22-26)55-3)13-11-14-35(48)42-19-10-8-6-4-5-7-9-12-25-15-16-27-29(20-25)40(52)47(39(27)51)32-17-18-36(49)44-38(32)50;23-13-7-5-3-1-2-4-6-8-15-9-10-16-17(14-15)22(29)25(21(16)28)18-11-12-19(26)24-20(18)27;1-22-10-15(12-6-20-7-13(12)19(22)25)11-4-16(26-2)14(17(5-11)27-3)8-21-9-18(23)24;1-2/h15-16,20-24,32H,4-14,17-19H2,1-3H3,(H,42,48)(H,43,45)(H,44,49,50);9-10,14,18H,1-8,11-13,23H2,(H,24,26,27);4-6,10,21H,7-9H2,1-3H3,(H,23,24);1H3/i;;;1D. The molecule has 2 saturated heterocycles. The van der Waals surface area contributed by atoms with E-state index in [2.05, 4.69) is 36.5 Å². The number of rotatable bonds is 35. The number of fused-ring (bicyclic) bond motifs is 4. The Bertz CT molecular complexity index is 4830. The summed E-state index contributed by atoms with van der Waals surface area (Å²) >= 11 is 0. The van der Waals surface area contributed by atoms with E-state index in [-0.39, 0.29) is 61.7 Å². The number of carbonyl (C=O) groups is 10. The van der Waals surface area contributed by atoms with E-state index < -0.39 is 66.6 Å². The maximum atomic E-state index is 13.1. The third kappa shape index (κ3) is 21.0. The molecule has 0 radical (unpaired) electrons. The number of hydrogen-bond donors (Lipinski definition) is 7. The third-order valence-corrected chi connectivity index (χ3v) is 20.7. The number of H-pyrrole nitrogens is 1. The molecular weight excluding hydrogens is 1460 g/mol. The van der Waals surface area contributed by atoms with Gasteiger partial charge >= 0.3 is 5.97 Å². The number of carboxylic acid groups (broad SMARTS) is 1. The Kier molecular flexibility index (Phi) is 30.5. The van der Waals surface area contributed by atoms with Gasteiger partial charge in [-0.2, -0.15) is 5.10 Å². The number of aromatic amines is 1.